The van der Waals surface area contributed by atoms with Gasteiger partial charge in [0.25, 0.3) is 0 Å². The molecule has 5 rings (SSSR count). The van der Waals surface area contributed by atoms with Crippen LogP contribution in [0, 0.1) is 11.6 Å². The van der Waals surface area contributed by atoms with E-state index in [0.29, 0.717) is 12.2 Å². The zero-order valence-corrected chi connectivity index (χ0v) is 27.5. The molecule has 0 saturated carbocycles. The number of halogens is 3. The Morgan fingerprint density at radius 1 is 1.09 bits per heavy atom. The molecule has 0 aromatic heterocycles. The smallest absolute Gasteiger partial charge is 0.410 e. The third-order valence-corrected chi connectivity index (χ3v) is 8.29. The van der Waals surface area contributed by atoms with Crippen LogP contribution in [0.2, 0.25) is 5.02 Å². The van der Waals surface area contributed by atoms with E-state index in [1.165, 1.54) is 17.0 Å². The van der Waals surface area contributed by atoms with Crippen LogP contribution in [0.3, 0.4) is 0 Å². The Labute approximate surface area is 277 Å². The predicted molar refractivity (Wildman–Crippen MR) is 170 cm³/mol. The first-order chi connectivity index (χ1) is 22.3. The molecule has 0 aliphatic carbocycles. The number of ether oxygens (including phenoxy) is 5. The van der Waals surface area contributed by atoms with Crippen molar-refractivity contribution in [3.05, 3.63) is 81.9 Å². The van der Waals surface area contributed by atoms with E-state index in [1.807, 2.05) is 6.07 Å². The quantitative estimate of drug-likeness (QED) is 0.220. The number of likely N-dealkylation sites (N-methyl/N-ethyl adjacent to an activating group) is 1. The molecule has 0 radical (unpaired) electrons. The van der Waals surface area contributed by atoms with E-state index in [-0.39, 0.29) is 55.1 Å². The van der Waals surface area contributed by atoms with E-state index in [2.05, 4.69) is 0 Å². The molecule has 1 unspecified atom stereocenters. The number of carbonyl (C=O) groups excluding carboxylic acids is 1. The van der Waals surface area contributed by atoms with Crippen LogP contribution in [-0.2, 0) is 26.2 Å². The number of carbonyl (C=O) groups is 2. The van der Waals surface area contributed by atoms with E-state index in [9.17, 15) is 14.7 Å². The molecule has 1 amide bonds. The number of carboxylic acids is 1. The SMILES string of the molecule is CN(C[C@@]1(c2ccccc2)Cc2c(cc(F)c(Cl)c2-c2c(C(=O)O)ccc(OCCOC3CCCCO3)c2F)O1)C(=O)OC(C)(C)C. The number of carboxylic acid groups (broad SMARTS) is 1. The molecule has 12 heteroatoms. The van der Waals surface area contributed by atoms with E-state index >= 15 is 8.78 Å². The molecule has 2 aliphatic rings. The molecule has 252 valence electrons. The Bertz CT molecular complexity index is 1620. The zero-order valence-electron chi connectivity index (χ0n) is 26.7. The lowest BCUT2D eigenvalue weighted by Crippen LogP contribution is -2.46. The van der Waals surface area contributed by atoms with Gasteiger partial charge >= 0.3 is 12.1 Å². The summed E-state index contributed by atoms with van der Waals surface area (Å²) in [4.78, 5) is 26.8. The Hall–Kier alpha value is -3.93. The highest BCUT2D eigenvalue weighted by atomic mass is 35.5. The van der Waals surface area contributed by atoms with Gasteiger partial charge in [-0.1, -0.05) is 41.9 Å². The molecule has 1 saturated heterocycles. The van der Waals surface area contributed by atoms with Gasteiger partial charge in [-0.3, -0.25) is 0 Å². The molecule has 47 heavy (non-hydrogen) atoms. The van der Waals surface area contributed by atoms with Crippen molar-refractivity contribution in [2.75, 3.05) is 33.4 Å². The van der Waals surface area contributed by atoms with Gasteiger partial charge in [-0.15, -0.1) is 0 Å². The summed E-state index contributed by atoms with van der Waals surface area (Å²) in [7, 11) is 1.55. The van der Waals surface area contributed by atoms with Crippen LogP contribution in [0.25, 0.3) is 11.1 Å². The van der Waals surface area contributed by atoms with Crippen molar-refractivity contribution in [3.63, 3.8) is 0 Å². The number of hydrogen-bond donors (Lipinski definition) is 1. The average Bonchev–Trinajstić information content (AvgIpc) is 3.39. The van der Waals surface area contributed by atoms with Crippen molar-refractivity contribution in [2.45, 2.75) is 63.9 Å². The standard InChI is InChI=1S/C35H38ClF2NO8/c1-34(2,3)47-33(42)39(4)20-35(21-10-6-5-7-11-21)19-23-26(46-35)18-24(37)30(36)28(23)29-22(32(40)41)13-14-25(31(29)38)43-16-17-45-27-12-8-9-15-44-27/h5-7,10-11,13-14,18,27H,8-9,12,15-17,19-20H2,1-4H3,(H,40,41)/t27?,35-/m1/s1. The lowest BCUT2D eigenvalue weighted by molar-refractivity contribution is -0.165. The summed E-state index contributed by atoms with van der Waals surface area (Å²) < 4.78 is 60.8. The van der Waals surface area contributed by atoms with Gasteiger partial charge < -0.3 is 33.7 Å². The molecule has 2 atom stereocenters. The lowest BCUT2D eigenvalue weighted by Gasteiger charge is -2.34. The summed E-state index contributed by atoms with van der Waals surface area (Å²) in [5.41, 5.74) is -2.19. The maximum Gasteiger partial charge on any atom is 0.410 e. The zero-order chi connectivity index (χ0) is 33.9. The minimum atomic E-state index is -1.45. The second-order valence-corrected chi connectivity index (χ2v) is 13.0. The monoisotopic (exact) mass is 673 g/mol. The summed E-state index contributed by atoms with van der Waals surface area (Å²) in [5, 5.41) is 9.62. The normalized spacial score (nSPS) is 19.1. The van der Waals surface area contributed by atoms with Crippen molar-refractivity contribution >= 4 is 23.7 Å². The second-order valence-electron chi connectivity index (χ2n) is 12.6. The van der Waals surface area contributed by atoms with Gasteiger partial charge in [-0.25, -0.2) is 18.4 Å². The van der Waals surface area contributed by atoms with Gasteiger partial charge in [0.2, 0.25) is 0 Å². The van der Waals surface area contributed by atoms with Crippen LogP contribution < -0.4 is 9.47 Å². The Kier molecular flexibility index (Phi) is 10.3. The molecular formula is C35H38ClF2NO8. The number of benzene rings is 3. The summed E-state index contributed by atoms with van der Waals surface area (Å²) in [6, 6.07) is 12.5. The molecule has 1 fully saturated rings. The summed E-state index contributed by atoms with van der Waals surface area (Å²) in [6.07, 6.45) is 1.70. The van der Waals surface area contributed by atoms with Crippen molar-refractivity contribution in [1.82, 2.24) is 4.90 Å². The molecule has 0 bridgehead atoms. The van der Waals surface area contributed by atoms with Crippen LogP contribution in [0.15, 0.2) is 48.5 Å². The number of hydrogen-bond acceptors (Lipinski definition) is 7. The van der Waals surface area contributed by atoms with Crippen molar-refractivity contribution in [3.8, 4) is 22.6 Å². The largest absolute Gasteiger partial charge is 0.488 e. The second kappa shape index (κ2) is 14.0. The molecule has 1 N–H and O–H groups in total. The van der Waals surface area contributed by atoms with Crippen LogP contribution in [0.4, 0.5) is 13.6 Å². The third kappa shape index (κ3) is 7.63. The van der Waals surface area contributed by atoms with Gasteiger partial charge in [-0.2, -0.15) is 0 Å². The number of fused-ring (bicyclic) bond motifs is 1. The lowest BCUT2D eigenvalue weighted by atomic mass is 9.85. The fourth-order valence-electron chi connectivity index (χ4n) is 5.83. The molecule has 3 aromatic carbocycles. The number of rotatable bonds is 10. The molecular weight excluding hydrogens is 636 g/mol. The first-order valence-electron chi connectivity index (χ1n) is 15.4. The molecule has 9 nitrogen and oxygen atoms in total. The molecule has 0 spiro atoms. The Balaban J connectivity index is 1.53. The van der Waals surface area contributed by atoms with E-state index in [1.54, 1.807) is 52.1 Å². The fourth-order valence-corrected chi connectivity index (χ4v) is 6.10. The van der Waals surface area contributed by atoms with Crippen molar-refractivity contribution in [1.29, 1.82) is 0 Å². The summed E-state index contributed by atoms with van der Waals surface area (Å²) >= 11 is 6.54. The fraction of sp³-hybridized carbons (Fsp3) is 0.429. The van der Waals surface area contributed by atoms with Crippen molar-refractivity contribution in [2.24, 2.45) is 0 Å². The topological polar surface area (TPSA) is 104 Å². The Morgan fingerprint density at radius 3 is 2.49 bits per heavy atom. The van der Waals surface area contributed by atoms with Gasteiger partial charge in [0.15, 0.2) is 23.5 Å². The maximum absolute atomic E-state index is 16.4. The van der Waals surface area contributed by atoms with Crippen molar-refractivity contribution < 1.29 is 47.2 Å². The number of nitrogens with zero attached hydrogens (tertiary/aromatic N) is 1. The minimum Gasteiger partial charge on any atom is -0.488 e. The highest BCUT2D eigenvalue weighted by Gasteiger charge is 2.46. The number of amides is 1. The van der Waals surface area contributed by atoms with Gasteiger partial charge in [0, 0.05) is 42.8 Å². The van der Waals surface area contributed by atoms with Gasteiger partial charge in [-0.05, 0) is 57.7 Å². The minimum absolute atomic E-state index is 0.00632. The molecule has 2 aliphatic heterocycles. The van der Waals surface area contributed by atoms with Gasteiger partial charge in [0.05, 0.1) is 23.7 Å². The first-order valence-corrected chi connectivity index (χ1v) is 15.8. The highest BCUT2D eigenvalue weighted by Crippen LogP contribution is 2.51. The molecule has 2 heterocycles. The highest BCUT2D eigenvalue weighted by molar-refractivity contribution is 6.34. The van der Waals surface area contributed by atoms with E-state index < -0.39 is 51.0 Å². The van der Waals surface area contributed by atoms with Gasteiger partial charge in [0.1, 0.15) is 23.8 Å². The number of aromatic carboxylic acids is 1. The van der Waals surface area contributed by atoms with E-state index in [4.69, 9.17) is 35.3 Å². The maximum atomic E-state index is 16.4. The van der Waals surface area contributed by atoms with Crippen LogP contribution >= 0.6 is 11.6 Å². The predicted octanol–water partition coefficient (Wildman–Crippen LogP) is 7.60. The van der Waals surface area contributed by atoms with E-state index in [0.717, 1.165) is 25.3 Å². The van der Waals surface area contributed by atoms with Crippen LogP contribution in [0.1, 0.15) is 61.5 Å². The summed E-state index contributed by atoms with van der Waals surface area (Å²) in [6.45, 7) is 5.86. The molecule has 3 aromatic rings. The van der Waals surface area contributed by atoms with Crippen LogP contribution in [-0.4, -0.2) is 67.4 Å². The summed E-state index contributed by atoms with van der Waals surface area (Å²) in [5.74, 6) is -3.64. The van der Waals surface area contributed by atoms with Crippen LogP contribution in [0.5, 0.6) is 11.5 Å². The Morgan fingerprint density at radius 2 is 1.83 bits per heavy atom. The first kappa shape index (κ1) is 34.4. The third-order valence-electron chi connectivity index (χ3n) is 7.92. The average molecular weight is 674 g/mol.